The van der Waals surface area contributed by atoms with Crippen LogP contribution in [0.4, 0.5) is 5.69 Å². The molecule has 152 valence electrons. The number of fused-ring (bicyclic) bond motifs is 1. The van der Waals surface area contributed by atoms with Crippen LogP contribution in [0.1, 0.15) is 22.3 Å². The van der Waals surface area contributed by atoms with Crippen LogP contribution in [0.5, 0.6) is 0 Å². The van der Waals surface area contributed by atoms with E-state index in [1.54, 1.807) is 0 Å². The van der Waals surface area contributed by atoms with Crippen molar-refractivity contribution in [1.29, 1.82) is 0 Å². The number of rotatable bonds is 3. The third-order valence-electron chi connectivity index (χ3n) is 5.21. The van der Waals surface area contributed by atoms with Gasteiger partial charge in [0.05, 0.1) is 24.0 Å². The minimum Gasteiger partial charge on any atom is -0.316 e. The van der Waals surface area contributed by atoms with Crippen molar-refractivity contribution >= 4 is 38.4 Å². The number of hydrogen-bond donors (Lipinski definition) is 0. The molecule has 0 bridgehead atoms. The van der Waals surface area contributed by atoms with Crippen molar-refractivity contribution in [3.8, 4) is 0 Å². The summed E-state index contributed by atoms with van der Waals surface area (Å²) in [7, 11) is -3.07. The van der Waals surface area contributed by atoms with Crippen LogP contribution in [0.25, 0.3) is 0 Å². The molecule has 2 aliphatic rings. The molecule has 2 aromatic rings. The summed E-state index contributed by atoms with van der Waals surface area (Å²) in [6.45, 7) is 6.03. The summed E-state index contributed by atoms with van der Waals surface area (Å²) >= 11 is 1.42. The van der Waals surface area contributed by atoms with Gasteiger partial charge in [0.15, 0.2) is 15.0 Å². The van der Waals surface area contributed by atoms with Gasteiger partial charge in [-0.25, -0.2) is 8.42 Å². The Hall–Kier alpha value is -2.12. The Balaban J connectivity index is 1.67. The first-order valence-corrected chi connectivity index (χ1v) is 12.3. The summed E-state index contributed by atoms with van der Waals surface area (Å²) in [5.74, 6) is 0.0209. The van der Waals surface area contributed by atoms with E-state index in [9.17, 15) is 13.2 Å². The van der Waals surface area contributed by atoms with E-state index >= 15 is 0 Å². The second-order valence-corrected chi connectivity index (χ2v) is 11.3. The maximum Gasteiger partial charge on any atom is 0.252 e. The molecule has 2 aliphatic heterocycles. The average molecular weight is 429 g/mol. The molecular weight excluding hydrogens is 404 g/mol. The molecule has 5 nitrogen and oxygen atoms in total. The SMILES string of the molecule is Cc1cccc(CC(=O)N=C2SC3CS(=O)(=O)CC3N2c2cc(C)cc(C)c2)c1. The molecule has 0 spiro atoms. The number of amides is 1. The largest absolute Gasteiger partial charge is 0.316 e. The lowest BCUT2D eigenvalue weighted by molar-refractivity contribution is -0.117. The molecule has 0 saturated carbocycles. The Labute approximate surface area is 176 Å². The van der Waals surface area contributed by atoms with E-state index in [0.29, 0.717) is 5.17 Å². The van der Waals surface area contributed by atoms with Crippen molar-refractivity contribution in [2.75, 3.05) is 16.4 Å². The number of hydrogen-bond acceptors (Lipinski definition) is 4. The van der Waals surface area contributed by atoms with Gasteiger partial charge in [-0.3, -0.25) is 4.79 Å². The minimum atomic E-state index is -3.07. The molecule has 0 radical (unpaired) electrons. The van der Waals surface area contributed by atoms with Crippen molar-refractivity contribution in [2.24, 2.45) is 4.99 Å². The number of amidine groups is 1. The Morgan fingerprint density at radius 3 is 2.48 bits per heavy atom. The van der Waals surface area contributed by atoms with Crippen LogP contribution in [0.2, 0.25) is 0 Å². The molecule has 0 aromatic heterocycles. The quantitative estimate of drug-likeness (QED) is 0.749. The summed E-state index contributed by atoms with van der Waals surface area (Å²) in [5, 5.41) is 0.517. The second kappa shape index (κ2) is 7.61. The summed E-state index contributed by atoms with van der Waals surface area (Å²) in [4.78, 5) is 19.1. The number of carbonyl (C=O) groups excluding carboxylic acids is 1. The monoisotopic (exact) mass is 428 g/mol. The highest BCUT2D eigenvalue weighted by atomic mass is 32.2. The number of benzene rings is 2. The van der Waals surface area contributed by atoms with Gasteiger partial charge in [0.25, 0.3) is 5.91 Å². The van der Waals surface area contributed by atoms with Crippen molar-refractivity contribution in [3.05, 3.63) is 64.7 Å². The maximum absolute atomic E-state index is 12.7. The van der Waals surface area contributed by atoms with Gasteiger partial charge < -0.3 is 4.90 Å². The van der Waals surface area contributed by atoms with Crippen LogP contribution in [0.3, 0.4) is 0 Å². The summed E-state index contributed by atoms with van der Waals surface area (Å²) in [6.07, 6.45) is 0.236. The fraction of sp³-hybridized carbons (Fsp3) is 0.364. The molecule has 2 saturated heterocycles. The number of carbonyl (C=O) groups is 1. The van der Waals surface area contributed by atoms with Crippen molar-refractivity contribution in [3.63, 3.8) is 0 Å². The van der Waals surface area contributed by atoms with Crippen LogP contribution < -0.4 is 4.90 Å². The van der Waals surface area contributed by atoms with Gasteiger partial charge in [-0.1, -0.05) is 47.7 Å². The first-order chi connectivity index (χ1) is 13.7. The van der Waals surface area contributed by atoms with E-state index in [1.807, 2.05) is 62.1 Å². The van der Waals surface area contributed by atoms with Gasteiger partial charge in [0, 0.05) is 10.9 Å². The fourth-order valence-corrected chi connectivity index (χ4v) is 8.03. The molecule has 29 heavy (non-hydrogen) atoms. The van der Waals surface area contributed by atoms with Gasteiger partial charge in [-0.2, -0.15) is 4.99 Å². The average Bonchev–Trinajstić information content (AvgIpc) is 3.04. The molecule has 4 rings (SSSR count). The summed E-state index contributed by atoms with van der Waals surface area (Å²) in [6, 6.07) is 13.8. The topological polar surface area (TPSA) is 66.8 Å². The van der Waals surface area contributed by atoms with Gasteiger partial charge in [-0.15, -0.1) is 0 Å². The molecule has 7 heteroatoms. The molecular formula is C22H24N2O3S2. The van der Waals surface area contributed by atoms with E-state index in [2.05, 4.69) is 11.1 Å². The van der Waals surface area contributed by atoms with Crippen LogP contribution in [0, 0.1) is 20.8 Å². The standard InChI is InChI=1S/C22H24N2O3S2/c1-14-5-4-6-17(8-14)11-21(25)23-22-24(18-9-15(2)7-16(3)10-18)19-12-29(26,27)13-20(19)28-22/h4-10,19-20H,11-13H2,1-3H3. The molecule has 0 aliphatic carbocycles. The van der Waals surface area contributed by atoms with Crippen LogP contribution in [-0.2, 0) is 21.1 Å². The normalized spacial score (nSPS) is 24.1. The van der Waals surface area contributed by atoms with E-state index in [1.165, 1.54) is 11.8 Å². The molecule has 2 atom stereocenters. The first-order valence-electron chi connectivity index (χ1n) is 9.62. The minimum absolute atomic E-state index is 0.0914. The third kappa shape index (κ3) is 4.41. The molecule has 2 unspecified atom stereocenters. The zero-order chi connectivity index (χ0) is 20.8. The number of sulfone groups is 1. The Bertz CT molecular complexity index is 1090. The zero-order valence-electron chi connectivity index (χ0n) is 16.8. The van der Waals surface area contributed by atoms with E-state index in [4.69, 9.17) is 0 Å². The van der Waals surface area contributed by atoms with Crippen LogP contribution >= 0.6 is 11.8 Å². The highest BCUT2D eigenvalue weighted by Gasteiger charge is 2.49. The highest BCUT2D eigenvalue weighted by molar-refractivity contribution is 8.16. The molecule has 2 heterocycles. The molecule has 2 fully saturated rings. The first kappa shape index (κ1) is 20.2. The van der Waals surface area contributed by atoms with Crippen molar-refractivity contribution in [2.45, 2.75) is 38.5 Å². The number of aliphatic imine (C=N–C) groups is 1. The number of thioether (sulfide) groups is 1. The fourth-order valence-electron chi connectivity index (χ4n) is 4.10. The molecule has 2 aromatic carbocycles. The molecule has 0 N–H and O–H groups in total. The Morgan fingerprint density at radius 2 is 1.79 bits per heavy atom. The number of anilines is 1. The zero-order valence-corrected chi connectivity index (χ0v) is 18.4. The smallest absolute Gasteiger partial charge is 0.252 e. The van der Waals surface area contributed by atoms with Crippen LogP contribution in [-0.4, -0.2) is 42.3 Å². The van der Waals surface area contributed by atoms with Gasteiger partial charge in [0.2, 0.25) is 0 Å². The number of aryl methyl sites for hydroxylation is 3. The predicted octanol–water partition coefficient (Wildman–Crippen LogP) is 3.46. The Morgan fingerprint density at radius 1 is 1.07 bits per heavy atom. The lowest BCUT2D eigenvalue weighted by Crippen LogP contribution is -2.37. The number of nitrogens with zero attached hydrogens (tertiary/aromatic N) is 2. The third-order valence-corrected chi connectivity index (χ3v) is 8.42. The van der Waals surface area contributed by atoms with Gasteiger partial charge in [-0.05, 0) is 49.6 Å². The van der Waals surface area contributed by atoms with Gasteiger partial charge >= 0.3 is 0 Å². The lowest BCUT2D eigenvalue weighted by Gasteiger charge is -2.25. The summed E-state index contributed by atoms with van der Waals surface area (Å²) in [5.41, 5.74) is 5.14. The lowest BCUT2D eigenvalue weighted by atomic mass is 10.1. The second-order valence-electron chi connectivity index (χ2n) is 7.97. The maximum atomic E-state index is 12.7. The van der Waals surface area contributed by atoms with Crippen LogP contribution in [0.15, 0.2) is 47.5 Å². The van der Waals surface area contributed by atoms with Crippen molar-refractivity contribution in [1.82, 2.24) is 0 Å². The van der Waals surface area contributed by atoms with Crippen molar-refractivity contribution < 1.29 is 13.2 Å². The summed E-state index contributed by atoms with van der Waals surface area (Å²) < 4.78 is 24.4. The van der Waals surface area contributed by atoms with E-state index in [-0.39, 0.29) is 35.1 Å². The Kier molecular flexibility index (Phi) is 5.29. The predicted molar refractivity (Wildman–Crippen MR) is 120 cm³/mol. The van der Waals surface area contributed by atoms with Gasteiger partial charge in [0.1, 0.15) is 0 Å². The van der Waals surface area contributed by atoms with E-state index in [0.717, 1.165) is 27.9 Å². The highest BCUT2D eigenvalue weighted by Crippen LogP contribution is 2.41. The van der Waals surface area contributed by atoms with E-state index < -0.39 is 9.84 Å². The molecule has 1 amide bonds.